The lowest BCUT2D eigenvalue weighted by atomic mass is 10.9. The molecule has 0 spiro atoms. The van der Waals surface area contributed by atoms with E-state index in [1.54, 1.807) is 18.8 Å². The second kappa shape index (κ2) is 4.21. The van der Waals surface area contributed by atoms with Crippen LogP contribution in [0.2, 0.25) is 0 Å². The molecule has 0 heterocycles. The first-order chi connectivity index (χ1) is 3.68. The van der Waals surface area contributed by atoms with E-state index >= 15 is 0 Å². The van der Waals surface area contributed by atoms with Gasteiger partial charge in [0.1, 0.15) is 0 Å². The smallest absolute Gasteiger partial charge is 0.255 e. The zero-order valence-electron chi connectivity index (χ0n) is 5.46. The average Bonchev–Trinajstić information content (AvgIpc) is 1.67. The van der Waals surface area contributed by atoms with Crippen molar-refractivity contribution in [3.8, 4) is 0 Å². The first-order valence-corrected chi connectivity index (χ1v) is 3.64. The average molecular weight is 137 g/mol. The van der Waals surface area contributed by atoms with Crippen LogP contribution < -0.4 is 0 Å². The van der Waals surface area contributed by atoms with Crippen molar-refractivity contribution in [3.63, 3.8) is 0 Å². The molecule has 0 aromatic carbocycles. The molecule has 0 aliphatic heterocycles. The summed E-state index contributed by atoms with van der Waals surface area (Å²) in [7, 11) is 2.25. The van der Waals surface area contributed by atoms with Gasteiger partial charge in [-0.25, -0.2) is 4.67 Å². The van der Waals surface area contributed by atoms with Crippen molar-refractivity contribution >= 4 is 8.53 Å². The maximum absolute atomic E-state index is 8.89. The van der Waals surface area contributed by atoms with E-state index in [2.05, 4.69) is 0 Å². The van der Waals surface area contributed by atoms with E-state index in [0.29, 0.717) is 6.61 Å². The van der Waals surface area contributed by atoms with Gasteiger partial charge in [0.25, 0.3) is 8.53 Å². The molecule has 8 heavy (non-hydrogen) atoms. The van der Waals surface area contributed by atoms with E-state index < -0.39 is 8.53 Å². The van der Waals surface area contributed by atoms with Crippen molar-refractivity contribution in [2.24, 2.45) is 0 Å². The Morgan fingerprint density at radius 2 is 2.12 bits per heavy atom. The number of hydrogen-bond donors (Lipinski definition) is 1. The summed E-state index contributed by atoms with van der Waals surface area (Å²) >= 11 is 0. The fourth-order valence-electron chi connectivity index (χ4n) is 0.231. The normalized spacial score (nSPS) is 14.6. The highest BCUT2D eigenvalue weighted by atomic mass is 31.2. The molecule has 0 unspecified atom stereocenters. The third-order valence-electron chi connectivity index (χ3n) is 0.587. The highest BCUT2D eigenvalue weighted by Gasteiger charge is 2.04. The highest BCUT2D eigenvalue weighted by Crippen LogP contribution is 2.32. The Bertz CT molecular complexity index is 60.0. The van der Waals surface area contributed by atoms with Crippen LogP contribution in [-0.4, -0.2) is 30.3 Å². The Labute approximate surface area is 51.2 Å². The molecule has 3 nitrogen and oxygen atoms in total. The molecule has 4 heteroatoms. The summed E-state index contributed by atoms with van der Waals surface area (Å²) in [6.07, 6.45) is 0. The lowest BCUT2D eigenvalue weighted by Crippen LogP contribution is -2.05. The summed E-state index contributed by atoms with van der Waals surface area (Å²) in [5.74, 6) is 0. The van der Waals surface area contributed by atoms with Crippen molar-refractivity contribution in [2.75, 3.05) is 20.7 Å². The van der Waals surface area contributed by atoms with Gasteiger partial charge >= 0.3 is 0 Å². The van der Waals surface area contributed by atoms with Crippen molar-refractivity contribution in [1.82, 2.24) is 4.67 Å². The molecule has 0 aliphatic carbocycles. The zero-order valence-corrected chi connectivity index (χ0v) is 6.35. The summed E-state index contributed by atoms with van der Waals surface area (Å²) in [4.78, 5) is 8.89. The summed E-state index contributed by atoms with van der Waals surface area (Å²) < 4.78 is 6.50. The van der Waals surface area contributed by atoms with Gasteiger partial charge in [-0.05, 0) is 21.0 Å². The van der Waals surface area contributed by atoms with Crippen LogP contribution in [0.4, 0.5) is 0 Å². The van der Waals surface area contributed by atoms with Gasteiger partial charge in [-0.3, -0.25) is 0 Å². The molecular formula is C4H12NO2P. The van der Waals surface area contributed by atoms with Crippen molar-refractivity contribution in [2.45, 2.75) is 6.92 Å². The summed E-state index contributed by atoms with van der Waals surface area (Å²) in [5.41, 5.74) is 0. The van der Waals surface area contributed by atoms with Crippen LogP contribution in [0.1, 0.15) is 6.92 Å². The van der Waals surface area contributed by atoms with Crippen LogP contribution in [0.25, 0.3) is 0 Å². The minimum Gasteiger partial charge on any atom is -0.338 e. The maximum Gasteiger partial charge on any atom is 0.255 e. The predicted octanol–water partition coefficient (Wildman–Crippen LogP) is 0.804. The lowest BCUT2D eigenvalue weighted by molar-refractivity contribution is 0.293. The van der Waals surface area contributed by atoms with Crippen LogP contribution in [-0.2, 0) is 4.52 Å². The molecule has 50 valence electrons. The molecule has 0 aromatic rings. The van der Waals surface area contributed by atoms with E-state index in [-0.39, 0.29) is 0 Å². The summed E-state index contributed by atoms with van der Waals surface area (Å²) in [6.45, 7) is 2.43. The molecule has 0 rings (SSSR count). The molecule has 0 amide bonds. The van der Waals surface area contributed by atoms with Crippen LogP contribution >= 0.6 is 8.53 Å². The Morgan fingerprint density at radius 1 is 1.62 bits per heavy atom. The standard InChI is InChI=1S/C4H12NO2P/c1-4-7-8(6)5(2)3/h6H,4H2,1-3H3/t8-/m0/s1. The van der Waals surface area contributed by atoms with Gasteiger partial charge in [-0.15, -0.1) is 0 Å². The second-order valence-corrected chi connectivity index (χ2v) is 3.08. The van der Waals surface area contributed by atoms with Crippen molar-refractivity contribution < 1.29 is 9.42 Å². The molecule has 0 radical (unpaired) electrons. The van der Waals surface area contributed by atoms with E-state index in [0.717, 1.165) is 0 Å². The van der Waals surface area contributed by atoms with Gasteiger partial charge in [-0.1, -0.05) is 0 Å². The molecule has 0 aliphatic rings. The van der Waals surface area contributed by atoms with Crippen LogP contribution in [0.3, 0.4) is 0 Å². The second-order valence-electron chi connectivity index (χ2n) is 1.52. The minimum atomic E-state index is -1.31. The maximum atomic E-state index is 8.89. The van der Waals surface area contributed by atoms with E-state index in [1.165, 1.54) is 0 Å². The Kier molecular flexibility index (Phi) is 4.38. The highest BCUT2D eigenvalue weighted by molar-refractivity contribution is 7.43. The van der Waals surface area contributed by atoms with Crippen LogP contribution in [0.5, 0.6) is 0 Å². The molecule has 0 saturated carbocycles. The zero-order chi connectivity index (χ0) is 6.57. The number of hydrogen-bond acceptors (Lipinski definition) is 3. The van der Waals surface area contributed by atoms with Crippen molar-refractivity contribution in [1.29, 1.82) is 0 Å². The largest absolute Gasteiger partial charge is 0.338 e. The van der Waals surface area contributed by atoms with Crippen molar-refractivity contribution in [3.05, 3.63) is 0 Å². The molecule has 1 atom stereocenters. The Hall–Kier alpha value is 0.310. The lowest BCUT2D eigenvalue weighted by Gasteiger charge is -2.14. The summed E-state index contributed by atoms with van der Waals surface area (Å²) in [5, 5.41) is 0. The van der Waals surface area contributed by atoms with Gasteiger partial charge in [0.2, 0.25) is 0 Å². The first kappa shape index (κ1) is 8.31. The van der Waals surface area contributed by atoms with E-state index in [9.17, 15) is 0 Å². The SMILES string of the molecule is CCO[P@](O)N(C)C. The first-order valence-electron chi connectivity index (χ1n) is 2.47. The molecule has 0 fully saturated rings. The monoisotopic (exact) mass is 137 g/mol. The third-order valence-corrected chi connectivity index (χ3v) is 1.76. The van der Waals surface area contributed by atoms with Crippen LogP contribution in [0.15, 0.2) is 0 Å². The van der Waals surface area contributed by atoms with E-state index in [4.69, 9.17) is 9.42 Å². The van der Waals surface area contributed by atoms with Gasteiger partial charge in [0.15, 0.2) is 0 Å². The molecule has 0 aromatic heterocycles. The molecule has 0 saturated heterocycles. The quantitative estimate of drug-likeness (QED) is 0.584. The van der Waals surface area contributed by atoms with Crippen LogP contribution in [0, 0.1) is 0 Å². The third kappa shape index (κ3) is 3.33. The fourth-order valence-corrected chi connectivity index (χ4v) is 0.693. The van der Waals surface area contributed by atoms with Gasteiger partial charge in [-0.2, -0.15) is 0 Å². The minimum absolute atomic E-state index is 0.570. The Morgan fingerprint density at radius 3 is 2.25 bits per heavy atom. The molecule has 1 N–H and O–H groups in total. The van der Waals surface area contributed by atoms with E-state index in [1.807, 2.05) is 6.92 Å². The number of rotatable bonds is 3. The molecular weight excluding hydrogens is 125 g/mol. The molecule has 0 bridgehead atoms. The van der Waals surface area contributed by atoms with Gasteiger partial charge < -0.3 is 9.42 Å². The Balaban J connectivity index is 3.17. The fraction of sp³-hybridized carbons (Fsp3) is 1.00. The van der Waals surface area contributed by atoms with Gasteiger partial charge in [0.05, 0.1) is 6.61 Å². The summed E-state index contributed by atoms with van der Waals surface area (Å²) in [6, 6.07) is 0. The number of nitrogens with zero attached hydrogens (tertiary/aromatic N) is 1. The predicted molar refractivity (Wildman–Crippen MR) is 34.5 cm³/mol. The van der Waals surface area contributed by atoms with Gasteiger partial charge in [0, 0.05) is 0 Å². The topological polar surface area (TPSA) is 32.7 Å².